The van der Waals surface area contributed by atoms with Crippen LogP contribution < -0.4 is 0 Å². The molecule has 1 unspecified atom stereocenters. The van der Waals surface area contributed by atoms with E-state index in [1.165, 1.54) is 0 Å². The first kappa shape index (κ1) is 7.89. The van der Waals surface area contributed by atoms with E-state index in [4.69, 9.17) is 0 Å². The van der Waals surface area contributed by atoms with Crippen LogP contribution in [0.5, 0.6) is 0 Å². The van der Waals surface area contributed by atoms with Crippen LogP contribution in [0.2, 0.25) is 0 Å². The van der Waals surface area contributed by atoms with E-state index in [0.29, 0.717) is 5.75 Å². The molecule has 0 heterocycles. The predicted molar refractivity (Wildman–Crippen MR) is 38.4 cm³/mol. The third-order valence-electron chi connectivity index (χ3n) is 0.733. The van der Waals surface area contributed by atoms with Gasteiger partial charge in [0.05, 0.1) is 0 Å². The number of allylic oxidation sites excluding steroid dienone is 1. The zero-order chi connectivity index (χ0) is 6.41. The summed E-state index contributed by atoms with van der Waals surface area (Å²) in [5.41, 5.74) is 0. The average Bonchev–Trinajstić information content (AvgIpc) is 1.66. The standard InChI is InChI=1S/C6H12OS/c1-3-4-5-6-8(2)7/h4-5H,3,6H2,1-2H3. The molecule has 2 heteroatoms. The summed E-state index contributed by atoms with van der Waals surface area (Å²) in [6, 6.07) is 0. The molecule has 0 aromatic heterocycles. The molecule has 0 aromatic carbocycles. The number of rotatable bonds is 3. The fourth-order valence-corrected chi connectivity index (χ4v) is 0.777. The Bertz CT molecular complexity index is 96.7. The SMILES string of the molecule is CCC=CCS(C)=O. The van der Waals surface area contributed by atoms with Crippen LogP contribution in [0.1, 0.15) is 13.3 Å². The fourth-order valence-electron chi connectivity index (χ4n) is 0.370. The summed E-state index contributed by atoms with van der Waals surface area (Å²) in [6.07, 6.45) is 6.73. The molecule has 1 atom stereocenters. The Morgan fingerprint density at radius 1 is 1.50 bits per heavy atom. The molecule has 0 bridgehead atoms. The second-order valence-electron chi connectivity index (χ2n) is 1.62. The van der Waals surface area contributed by atoms with Gasteiger partial charge in [-0.1, -0.05) is 19.1 Å². The molecule has 0 saturated heterocycles. The van der Waals surface area contributed by atoms with E-state index < -0.39 is 10.8 Å². The fraction of sp³-hybridized carbons (Fsp3) is 0.667. The van der Waals surface area contributed by atoms with E-state index in [-0.39, 0.29) is 0 Å². The molecule has 1 nitrogen and oxygen atoms in total. The maximum Gasteiger partial charge on any atom is 0.0412 e. The van der Waals surface area contributed by atoms with E-state index in [1.807, 2.05) is 12.2 Å². The first-order valence-electron chi connectivity index (χ1n) is 2.72. The van der Waals surface area contributed by atoms with Gasteiger partial charge in [0.25, 0.3) is 0 Å². The van der Waals surface area contributed by atoms with Crippen LogP contribution >= 0.6 is 0 Å². The van der Waals surface area contributed by atoms with Crippen LogP contribution in [0.3, 0.4) is 0 Å². The van der Waals surface area contributed by atoms with Crippen molar-refractivity contribution in [2.45, 2.75) is 13.3 Å². The van der Waals surface area contributed by atoms with Crippen molar-refractivity contribution in [3.05, 3.63) is 12.2 Å². The minimum absolute atomic E-state index is 0.654. The summed E-state index contributed by atoms with van der Waals surface area (Å²) >= 11 is 0. The zero-order valence-corrected chi connectivity index (χ0v) is 6.20. The lowest BCUT2D eigenvalue weighted by molar-refractivity contribution is 0.688. The molecule has 8 heavy (non-hydrogen) atoms. The third-order valence-corrected chi connectivity index (χ3v) is 1.40. The Labute approximate surface area is 53.2 Å². The van der Waals surface area contributed by atoms with Crippen molar-refractivity contribution in [3.8, 4) is 0 Å². The predicted octanol–water partition coefficient (Wildman–Crippen LogP) is 1.33. The van der Waals surface area contributed by atoms with Crippen molar-refractivity contribution in [3.63, 3.8) is 0 Å². The highest BCUT2D eigenvalue weighted by Crippen LogP contribution is 1.81. The van der Waals surface area contributed by atoms with Crippen LogP contribution in [0.4, 0.5) is 0 Å². The topological polar surface area (TPSA) is 17.1 Å². The lowest BCUT2D eigenvalue weighted by Gasteiger charge is -1.82. The van der Waals surface area contributed by atoms with Gasteiger partial charge in [-0.15, -0.1) is 0 Å². The Hall–Kier alpha value is -0.110. The molecule has 0 aliphatic heterocycles. The van der Waals surface area contributed by atoms with Crippen molar-refractivity contribution in [2.24, 2.45) is 0 Å². The molecule has 0 radical (unpaired) electrons. The molecule has 0 aliphatic rings. The van der Waals surface area contributed by atoms with Crippen molar-refractivity contribution in [2.75, 3.05) is 12.0 Å². The molecule has 0 aliphatic carbocycles. The first-order valence-corrected chi connectivity index (χ1v) is 4.45. The van der Waals surface area contributed by atoms with Gasteiger partial charge in [0.2, 0.25) is 0 Å². The van der Waals surface area contributed by atoms with Crippen molar-refractivity contribution >= 4 is 10.8 Å². The number of hydrogen-bond donors (Lipinski definition) is 0. The Balaban J connectivity index is 3.16. The normalized spacial score (nSPS) is 14.8. The van der Waals surface area contributed by atoms with Gasteiger partial charge in [-0.25, -0.2) is 0 Å². The molecule has 0 saturated carbocycles. The monoisotopic (exact) mass is 132 g/mol. The Kier molecular flexibility index (Phi) is 4.97. The van der Waals surface area contributed by atoms with Crippen LogP contribution in [-0.4, -0.2) is 16.2 Å². The quantitative estimate of drug-likeness (QED) is 0.529. The molecule has 0 fully saturated rings. The maximum atomic E-state index is 10.4. The van der Waals surface area contributed by atoms with Crippen LogP contribution in [0.25, 0.3) is 0 Å². The van der Waals surface area contributed by atoms with Gasteiger partial charge in [0, 0.05) is 22.8 Å². The van der Waals surface area contributed by atoms with Crippen LogP contribution in [0.15, 0.2) is 12.2 Å². The Morgan fingerprint density at radius 2 is 2.12 bits per heavy atom. The van der Waals surface area contributed by atoms with Crippen molar-refractivity contribution in [1.29, 1.82) is 0 Å². The third kappa shape index (κ3) is 5.89. The van der Waals surface area contributed by atoms with Crippen LogP contribution in [0, 0.1) is 0 Å². The molecule has 0 rings (SSSR count). The second-order valence-corrected chi connectivity index (χ2v) is 3.10. The van der Waals surface area contributed by atoms with Gasteiger partial charge in [0.15, 0.2) is 0 Å². The largest absolute Gasteiger partial charge is 0.260 e. The molecular weight excluding hydrogens is 120 g/mol. The van der Waals surface area contributed by atoms with E-state index in [1.54, 1.807) is 6.26 Å². The van der Waals surface area contributed by atoms with Gasteiger partial charge in [-0.05, 0) is 6.42 Å². The zero-order valence-electron chi connectivity index (χ0n) is 5.39. The second kappa shape index (κ2) is 5.04. The minimum atomic E-state index is -0.654. The van der Waals surface area contributed by atoms with Crippen molar-refractivity contribution < 1.29 is 4.21 Å². The van der Waals surface area contributed by atoms with Gasteiger partial charge >= 0.3 is 0 Å². The van der Waals surface area contributed by atoms with Gasteiger partial charge in [-0.2, -0.15) is 0 Å². The summed E-state index contributed by atoms with van der Waals surface area (Å²) in [6.45, 7) is 2.06. The summed E-state index contributed by atoms with van der Waals surface area (Å²) in [7, 11) is -0.654. The highest BCUT2D eigenvalue weighted by molar-refractivity contribution is 7.84. The molecule has 0 amide bonds. The Morgan fingerprint density at radius 3 is 2.50 bits per heavy atom. The highest BCUT2D eigenvalue weighted by atomic mass is 32.2. The van der Waals surface area contributed by atoms with E-state index in [2.05, 4.69) is 6.92 Å². The maximum absolute atomic E-state index is 10.4. The van der Waals surface area contributed by atoms with E-state index in [9.17, 15) is 4.21 Å². The molecular formula is C6H12OS. The molecule has 0 spiro atoms. The molecule has 0 N–H and O–H groups in total. The van der Waals surface area contributed by atoms with Crippen LogP contribution in [-0.2, 0) is 10.8 Å². The summed E-state index contributed by atoms with van der Waals surface area (Å²) in [4.78, 5) is 0. The minimum Gasteiger partial charge on any atom is -0.260 e. The summed E-state index contributed by atoms with van der Waals surface area (Å²) in [5, 5.41) is 0. The lowest BCUT2D eigenvalue weighted by atomic mass is 10.4. The van der Waals surface area contributed by atoms with E-state index in [0.717, 1.165) is 6.42 Å². The first-order chi connectivity index (χ1) is 3.77. The smallest absolute Gasteiger partial charge is 0.0412 e. The molecule has 0 aromatic rings. The molecule has 48 valence electrons. The van der Waals surface area contributed by atoms with Crippen molar-refractivity contribution in [1.82, 2.24) is 0 Å². The van der Waals surface area contributed by atoms with E-state index >= 15 is 0 Å². The average molecular weight is 132 g/mol. The van der Waals surface area contributed by atoms with Gasteiger partial charge in [-0.3, -0.25) is 4.21 Å². The van der Waals surface area contributed by atoms with Gasteiger partial charge in [0.1, 0.15) is 0 Å². The number of hydrogen-bond acceptors (Lipinski definition) is 1. The van der Waals surface area contributed by atoms with Gasteiger partial charge < -0.3 is 0 Å². The summed E-state index contributed by atoms with van der Waals surface area (Å²) < 4.78 is 10.4. The lowest BCUT2D eigenvalue weighted by Crippen LogP contribution is -1.87. The highest BCUT2D eigenvalue weighted by Gasteiger charge is 1.79. The summed E-state index contributed by atoms with van der Waals surface area (Å²) in [5.74, 6) is 0.702.